The molecule has 0 bridgehead atoms. The lowest BCUT2D eigenvalue weighted by atomic mass is 10.0. The van der Waals surface area contributed by atoms with Gasteiger partial charge in [-0.3, -0.25) is 9.59 Å². The Morgan fingerprint density at radius 1 is 0.923 bits per heavy atom. The fourth-order valence-electron chi connectivity index (χ4n) is 2.90. The molecule has 132 valence electrons. The predicted molar refractivity (Wildman–Crippen MR) is 98.9 cm³/mol. The number of nitrogens with two attached hydrogens (primary N) is 1. The number of amides is 2. The van der Waals surface area contributed by atoms with E-state index >= 15 is 0 Å². The third kappa shape index (κ3) is 4.45. The molecule has 1 atom stereocenters. The van der Waals surface area contributed by atoms with Crippen molar-refractivity contribution in [1.82, 2.24) is 5.32 Å². The summed E-state index contributed by atoms with van der Waals surface area (Å²) in [7, 11) is 0. The van der Waals surface area contributed by atoms with Crippen molar-refractivity contribution in [1.29, 1.82) is 0 Å². The first-order valence-corrected chi connectivity index (χ1v) is 8.32. The van der Waals surface area contributed by atoms with Gasteiger partial charge in [0.1, 0.15) is 11.9 Å². The van der Waals surface area contributed by atoms with Crippen molar-refractivity contribution in [2.45, 2.75) is 18.9 Å². The Kier molecular flexibility index (Phi) is 5.27. The molecule has 2 amide bonds. The van der Waals surface area contributed by atoms with Crippen LogP contribution in [0.4, 0.5) is 4.39 Å². The highest BCUT2D eigenvalue weighted by Gasteiger charge is 2.19. The molecule has 3 aromatic rings. The number of hydrogen-bond acceptors (Lipinski definition) is 2. The van der Waals surface area contributed by atoms with Crippen LogP contribution in [0.1, 0.15) is 11.1 Å². The van der Waals surface area contributed by atoms with Crippen molar-refractivity contribution in [2.24, 2.45) is 5.73 Å². The maximum absolute atomic E-state index is 13.2. The van der Waals surface area contributed by atoms with Crippen LogP contribution in [0.2, 0.25) is 0 Å². The van der Waals surface area contributed by atoms with Crippen LogP contribution in [0.5, 0.6) is 0 Å². The van der Waals surface area contributed by atoms with Crippen molar-refractivity contribution < 1.29 is 14.0 Å². The summed E-state index contributed by atoms with van der Waals surface area (Å²) in [6.45, 7) is 0. The number of carbonyl (C=O) groups excluding carboxylic acids is 2. The van der Waals surface area contributed by atoms with E-state index in [-0.39, 0.29) is 12.3 Å². The van der Waals surface area contributed by atoms with E-state index < -0.39 is 17.8 Å². The molecular weight excluding hydrogens is 331 g/mol. The minimum Gasteiger partial charge on any atom is -0.368 e. The Morgan fingerprint density at radius 2 is 1.69 bits per heavy atom. The van der Waals surface area contributed by atoms with Crippen LogP contribution in [0.3, 0.4) is 0 Å². The smallest absolute Gasteiger partial charge is 0.240 e. The summed E-state index contributed by atoms with van der Waals surface area (Å²) in [4.78, 5) is 24.0. The second-order valence-electron chi connectivity index (χ2n) is 6.21. The molecule has 5 heteroatoms. The van der Waals surface area contributed by atoms with Crippen molar-refractivity contribution >= 4 is 22.6 Å². The molecule has 0 fully saturated rings. The summed E-state index contributed by atoms with van der Waals surface area (Å²) >= 11 is 0. The molecule has 3 rings (SSSR count). The quantitative estimate of drug-likeness (QED) is 0.717. The van der Waals surface area contributed by atoms with Crippen molar-refractivity contribution in [2.75, 3.05) is 0 Å². The Morgan fingerprint density at radius 3 is 2.42 bits per heavy atom. The van der Waals surface area contributed by atoms with Crippen LogP contribution in [0.15, 0.2) is 66.7 Å². The van der Waals surface area contributed by atoms with E-state index in [2.05, 4.69) is 5.32 Å². The van der Waals surface area contributed by atoms with E-state index in [4.69, 9.17) is 5.73 Å². The van der Waals surface area contributed by atoms with Gasteiger partial charge < -0.3 is 11.1 Å². The summed E-state index contributed by atoms with van der Waals surface area (Å²) in [5.74, 6) is -1.39. The second-order valence-corrected chi connectivity index (χ2v) is 6.21. The Labute approximate surface area is 150 Å². The van der Waals surface area contributed by atoms with E-state index in [0.717, 1.165) is 16.3 Å². The van der Waals surface area contributed by atoms with Crippen LogP contribution < -0.4 is 11.1 Å². The number of fused-ring (bicyclic) bond motifs is 1. The molecular formula is C21H19FN2O2. The van der Waals surface area contributed by atoms with Gasteiger partial charge in [-0.15, -0.1) is 0 Å². The minimum absolute atomic E-state index is 0.0146. The molecule has 0 aromatic heterocycles. The largest absolute Gasteiger partial charge is 0.368 e. The molecule has 0 saturated heterocycles. The standard InChI is InChI=1S/C21H19FN2O2/c22-18-7-3-4-14(11-18)13-20(25)24-19(21(23)26)12-15-8-9-16-5-1-2-6-17(16)10-15/h1-11,19H,12-13H2,(H2,23,26)(H,24,25)/t19-/m1/s1. The molecule has 0 aliphatic carbocycles. The Hall–Kier alpha value is -3.21. The van der Waals surface area contributed by atoms with Crippen molar-refractivity contribution in [3.05, 3.63) is 83.7 Å². The molecule has 4 nitrogen and oxygen atoms in total. The highest BCUT2D eigenvalue weighted by atomic mass is 19.1. The zero-order valence-electron chi connectivity index (χ0n) is 14.1. The van der Waals surface area contributed by atoms with Gasteiger partial charge in [0.25, 0.3) is 0 Å². The number of halogens is 1. The maximum Gasteiger partial charge on any atom is 0.240 e. The molecule has 0 spiro atoms. The lowest BCUT2D eigenvalue weighted by Crippen LogP contribution is -2.46. The van der Waals surface area contributed by atoms with Crippen molar-refractivity contribution in [3.63, 3.8) is 0 Å². The monoisotopic (exact) mass is 350 g/mol. The van der Waals surface area contributed by atoms with E-state index in [1.165, 1.54) is 12.1 Å². The average Bonchev–Trinajstić information content (AvgIpc) is 2.61. The van der Waals surface area contributed by atoms with Gasteiger partial charge >= 0.3 is 0 Å². The van der Waals surface area contributed by atoms with Gasteiger partial charge in [0.05, 0.1) is 6.42 Å². The highest BCUT2D eigenvalue weighted by molar-refractivity contribution is 5.88. The first-order chi connectivity index (χ1) is 12.5. The van der Waals surface area contributed by atoms with Gasteiger partial charge in [-0.2, -0.15) is 0 Å². The van der Waals surface area contributed by atoms with Gasteiger partial charge in [-0.05, 0) is 34.0 Å². The fourth-order valence-corrected chi connectivity index (χ4v) is 2.90. The number of hydrogen-bond donors (Lipinski definition) is 2. The van der Waals surface area contributed by atoms with Gasteiger partial charge in [0, 0.05) is 6.42 Å². The Balaban J connectivity index is 1.70. The molecule has 0 radical (unpaired) electrons. The Bertz CT molecular complexity index is 955. The zero-order valence-corrected chi connectivity index (χ0v) is 14.1. The van der Waals surface area contributed by atoms with Gasteiger partial charge in [0.15, 0.2) is 0 Å². The molecule has 3 N–H and O–H groups in total. The highest BCUT2D eigenvalue weighted by Crippen LogP contribution is 2.16. The molecule has 26 heavy (non-hydrogen) atoms. The number of rotatable bonds is 6. The lowest BCUT2D eigenvalue weighted by Gasteiger charge is -2.16. The van der Waals surface area contributed by atoms with Crippen LogP contribution in [-0.2, 0) is 22.4 Å². The number of carbonyl (C=O) groups is 2. The predicted octanol–water partition coefficient (Wildman–Crippen LogP) is 2.73. The van der Waals surface area contributed by atoms with E-state index in [9.17, 15) is 14.0 Å². The normalized spacial score (nSPS) is 11.9. The van der Waals surface area contributed by atoms with Crippen LogP contribution in [0, 0.1) is 5.82 Å². The van der Waals surface area contributed by atoms with Crippen LogP contribution >= 0.6 is 0 Å². The molecule has 0 aliphatic rings. The van der Waals surface area contributed by atoms with Crippen LogP contribution in [0.25, 0.3) is 10.8 Å². The van der Waals surface area contributed by atoms with E-state index in [1.807, 2.05) is 42.5 Å². The molecule has 3 aromatic carbocycles. The molecule has 0 heterocycles. The lowest BCUT2D eigenvalue weighted by molar-refractivity contribution is -0.127. The number of nitrogens with one attached hydrogen (secondary N) is 1. The summed E-state index contributed by atoms with van der Waals surface area (Å²) in [5, 5.41) is 4.80. The molecule has 0 saturated carbocycles. The van der Waals surface area contributed by atoms with E-state index in [0.29, 0.717) is 12.0 Å². The minimum atomic E-state index is -0.822. The third-order valence-electron chi connectivity index (χ3n) is 4.19. The van der Waals surface area contributed by atoms with Gasteiger partial charge in [-0.25, -0.2) is 4.39 Å². The number of primary amides is 1. The van der Waals surface area contributed by atoms with Gasteiger partial charge in [0.2, 0.25) is 11.8 Å². The van der Waals surface area contributed by atoms with E-state index in [1.54, 1.807) is 12.1 Å². The summed E-state index contributed by atoms with van der Waals surface area (Å²) < 4.78 is 13.2. The summed E-state index contributed by atoms with van der Waals surface area (Å²) in [6, 6.07) is 18.7. The van der Waals surface area contributed by atoms with Crippen molar-refractivity contribution in [3.8, 4) is 0 Å². The molecule has 0 aliphatic heterocycles. The zero-order chi connectivity index (χ0) is 18.5. The summed E-state index contributed by atoms with van der Waals surface area (Å²) in [5.41, 5.74) is 6.89. The first kappa shape index (κ1) is 17.6. The maximum atomic E-state index is 13.2. The molecule has 0 unspecified atom stereocenters. The van der Waals surface area contributed by atoms with Gasteiger partial charge in [-0.1, -0.05) is 54.6 Å². The summed E-state index contributed by atoms with van der Waals surface area (Å²) in [6.07, 6.45) is 0.286. The first-order valence-electron chi connectivity index (χ1n) is 8.32. The fraction of sp³-hybridized carbons (Fsp3) is 0.143. The third-order valence-corrected chi connectivity index (χ3v) is 4.19. The van der Waals surface area contributed by atoms with Crippen LogP contribution in [-0.4, -0.2) is 17.9 Å². The number of benzene rings is 3. The topological polar surface area (TPSA) is 72.2 Å². The second kappa shape index (κ2) is 7.78. The SMILES string of the molecule is NC(=O)[C@@H](Cc1ccc2ccccc2c1)NC(=O)Cc1cccc(F)c1. The average molecular weight is 350 g/mol.